The fraction of sp³-hybridized carbons (Fsp3) is 0.800. The van der Waals surface area contributed by atoms with E-state index in [0.29, 0.717) is 10.8 Å². The van der Waals surface area contributed by atoms with Gasteiger partial charge in [0.2, 0.25) is 0 Å². The van der Waals surface area contributed by atoms with Crippen molar-refractivity contribution in [3.8, 4) is 0 Å². The molecule has 1 aliphatic carbocycles. The number of nitrogens with zero attached hydrogens (tertiary/aromatic N) is 1. The zero-order chi connectivity index (χ0) is 13.9. The molecule has 0 radical (unpaired) electrons. The summed E-state index contributed by atoms with van der Waals surface area (Å²) in [5.74, 6) is 1.06. The average Bonchev–Trinajstić information content (AvgIpc) is 2.76. The molecule has 0 spiro atoms. The molecule has 1 atom stereocenters. The summed E-state index contributed by atoms with van der Waals surface area (Å²) in [6, 6.07) is 0.508. The molecule has 2 nitrogen and oxygen atoms in total. The van der Waals surface area contributed by atoms with Crippen LogP contribution in [0.3, 0.4) is 0 Å². The maximum atomic E-state index is 4.92. The Kier molecular flexibility index (Phi) is 5.32. The summed E-state index contributed by atoms with van der Waals surface area (Å²) in [4.78, 5) is 6.46. The molecule has 0 aromatic carbocycles. The third-order valence-corrected chi connectivity index (χ3v) is 5.87. The largest absolute Gasteiger partial charge is 0.309 e. The van der Waals surface area contributed by atoms with E-state index < -0.39 is 0 Å². The lowest BCUT2D eigenvalue weighted by Crippen LogP contribution is -2.25. The van der Waals surface area contributed by atoms with Gasteiger partial charge in [0.05, 0.1) is 11.7 Å². The number of nitrogens with one attached hydrogen (secondary N) is 1. The molecule has 108 valence electrons. The number of hydrogen-bond acceptors (Lipinski definition) is 4. The number of rotatable bonds is 5. The van der Waals surface area contributed by atoms with Crippen molar-refractivity contribution < 1.29 is 0 Å². The molecule has 1 unspecified atom stereocenters. The Hall–Kier alpha value is -0.0600. The van der Waals surface area contributed by atoms with E-state index >= 15 is 0 Å². The Bertz CT molecular complexity index is 407. The molecular formula is C15H26N2S2. The van der Waals surface area contributed by atoms with Crippen molar-refractivity contribution in [3.63, 3.8) is 0 Å². The Balaban J connectivity index is 2.03. The minimum absolute atomic E-state index is 0.325. The molecule has 2 rings (SSSR count). The van der Waals surface area contributed by atoms with Gasteiger partial charge in [0.1, 0.15) is 5.01 Å². The molecule has 0 fully saturated rings. The van der Waals surface area contributed by atoms with Crippen LogP contribution in [0.15, 0.2) is 0 Å². The Morgan fingerprint density at radius 3 is 2.89 bits per heavy atom. The SMILES string of the molecule is CCCNC1CCCc2sc(CSC(C)(C)C)nc21. The van der Waals surface area contributed by atoms with Crippen molar-refractivity contribution in [1.29, 1.82) is 0 Å². The highest BCUT2D eigenvalue weighted by atomic mass is 32.2. The van der Waals surface area contributed by atoms with Crippen LogP contribution >= 0.6 is 23.1 Å². The minimum Gasteiger partial charge on any atom is -0.309 e. The van der Waals surface area contributed by atoms with Crippen molar-refractivity contribution in [3.05, 3.63) is 15.6 Å². The molecule has 4 heteroatoms. The van der Waals surface area contributed by atoms with Gasteiger partial charge < -0.3 is 5.32 Å². The highest BCUT2D eigenvalue weighted by Gasteiger charge is 2.24. The monoisotopic (exact) mass is 298 g/mol. The van der Waals surface area contributed by atoms with Gasteiger partial charge in [0.25, 0.3) is 0 Å². The van der Waals surface area contributed by atoms with Gasteiger partial charge in [-0.3, -0.25) is 0 Å². The molecule has 1 heterocycles. The molecule has 0 bridgehead atoms. The Labute approximate surface area is 125 Å². The zero-order valence-corrected chi connectivity index (χ0v) is 14.2. The van der Waals surface area contributed by atoms with Crippen molar-refractivity contribution in [2.24, 2.45) is 0 Å². The molecule has 0 saturated heterocycles. The maximum Gasteiger partial charge on any atom is 0.103 e. The summed E-state index contributed by atoms with van der Waals surface area (Å²) in [7, 11) is 0. The molecule has 1 aromatic heterocycles. The first kappa shape index (κ1) is 15.3. The van der Waals surface area contributed by atoms with Gasteiger partial charge in [-0.1, -0.05) is 27.7 Å². The van der Waals surface area contributed by atoms with Gasteiger partial charge >= 0.3 is 0 Å². The van der Waals surface area contributed by atoms with E-state index in [2.05, 4.69) is 33.0 Å². The number of thiazole rings is 1. The number of thioether (sulfide) groups is 1. The van der Waals surface area contributed by atoms with Crippen LogP contribution < -0.4 is 5.32 Å². The van der Waals surface area contributed by atoms with E-state index in [-0.39, 0.29) is 0 Å². The normalized spacial score (nSPS) is 19.5. The summed E-state index contributed by atoms with van der Waals surface area (Å²) < 4.78 is 0.325. The van der Waals surface area contributed by atoms with Gasteiger partial charge in [-0.2, -0.15) is 0 Å². The average molecular weight is 299 g/mol. The second-order valence-corrected chi connectivity index (χ2v) is 9.19. The first-order chi connectivity index (χ1) is 8.99. The molecule has 0 saturated carbocycles. The van der Waals surface area contributed by atoms with Gasteiger partial charge in [0.15, 0.2) is 0 Å². The number of fused-ring (bicyclic) bond motifs is 1. The van der Waals surface area contributed by atoms with Crippen molar-refractivity contribution in [2.75, 3.05) is 6.54 Å². The van der Waals surface area contributed by atoms with Crippen molar-refractivity contribution in [2.45, 2.75) is 69.9 Å². The lowest BCUT2D eigenvalue weighted by atomic mass is 9.97. The van der Waals surface area contributed by atoms with Gasteiger partial charge in [-0.15, -0.1) is 23.1 Å². The van der Waals surface area contributed by atoms with E-state index in [1.54, 1.807) is 0 Å². The smallest absolute Gasteiger partial charge is 0.103 e. The molecule has 0 amide bonds. The highest BCUT2D eigenvalue weighted by Crippen LogP contribution is 2.36. The first-order valence-electron chi connectivity index (χ1n) is 7.35. The van der Waals surface area contributed by atoms with E-state index in [0.717, 1.165) is 12.3 Å². The fourth-order valence-electron chi connectivity index (χ4n) is 2.33. The molecule has 1 aliphatic rings. The minimum atomic E-state index is 0.325. The Morgan fingerprint density at radius 2 is 2.21 bits per heavy atom. The lowest BCUT2D eigenvalue weighted by molar-refractivity contribution is 0.454. The molecule has 1 N–H and O–H groups in total. The van der Waals surface area contributed by atoms with Gasteiger partial charge in [-0.05, 0) is 32.2 Å². The fourth-order valence-corrected chi connectivity index (χ4v) is 4.33. The predicted octanol–water partition coefficient (Wildman–Crippen LogP) is 4.55. The number of aryl methyl sites for hydroxylation is 1. The van der Waals surface area contributed by atoms with Crippen LogP contribution in [0.25, 0.3) is 0 Å². The molecule has 19 heavy (non-hydrogen) atoms. The van der Waals surface area contributed by atoms with E-state index in [9.17, 15) is 0 Å². The summed E-state index contributed by atoms with van der Waals surface area (Å²) in [6.45, 7) is 10.2. The van der Waals surface area contributed by atoms with Gasteiger partial charge in [-0.25, -0.2) is 4.98 Å². The number of aromatic nitrogens is 1. The third-order valence-electron chi connectivity index (χ3n) is 3.27. The predicted molar refractivity (Wildman–Crippen MR) is 87.1 cm³/mol. The maximum absolute atomic E-state index is 4.92. The van der Waals surface area contributed by atoms with Crippen molar-refractivity contribution >= 4 is 23.1 Å². The second kappa shape index (κ2) is 6.59. The van der Waals surface area contributed by atoms with Crippen LogP contribution in [0.5, 0.6) is 0 Å². The van der Waals surface area contributed by atoms with E-state index in [4.69, 9.17) is 4.98 Å². The highest BCUT2D eigenvalue weighted by molar-refractivity contribution is 7.99. The van der Waals surface area contributed by atoms with Crippen molar-refractivity contribution in [1.82, 2.24) is 10.3 Å². The van der Waals surface area contributed by atoms with Crippen LogP contribution in [0.1, 0.15) is 68.6 Å². The summed E-state index contributed by atoms with van der Waals surface area (Å²) in [5, 5.41) is 4.97. The van der Waals surface area contributed by atoms with Crippen LogP contribution in [0.4, 0.5) is 0 Å². The zero-order valence-electron chi connectivity index (χ0n) is 12.6. The summed E-state index contributed by atoms with van der Waals surface area (Å²) in [5.41, 5.74) is 1.36. The second-order valence-electron chi connectivity index (χ2n) is 6.22. The molecule has 1 aromatic rings. The molecule has 0 aliphatic heterocycles. The van der Waals surface area contributed by atoms with Crippen LogP contribution in [0, 0.1) is 0 Å². The first-order valence-corrected chi connectivity index (χ1v) is 9.15. The van der Waals surface area contributed by atoms with E-state index in [1.165, 1.54) is 41.3 Å². The molecular weight excluding hydrogens is 272 g/mol. The standard InChI is InChI=1S/C15H26N2S2/c1-5-9-16-11-7-6-8-12-14(11)17-13(19-12)10-18-15(2,3)4/h11,16H,5-10H2,1-4H3. The van der Waals surface area contributed by atoms with Crippen LogP contribution in [0.2, 0.25) is 0 Å². The Morgan fingerprint density at radius 1 is 1.42 bits per heavy atom. The summed E-state index contributed by atoms with van der Waals surface area (Å²) >= 11 is 3.94. The van der Waals surface area contributed by atoms with E-state index in [1.807, 2.05) is 23.1 Å². The van der Waals surface area contributed by atoms with Gasteiger partial charge in [0, 0.05) is 15.4 Å². The number of hydrogen-bond donors (Lipinski definition) is 1. The van der Waals surface area contributed by atoms with Crippen LogP contribution in [-0.2, 0) is 12.2 Å². The lowest BCUT2D eigenvalue weighted by Gasteiger charge is -2.22. The van der Waals surface area contributed by atoms with Crippen LogP contribution in [-0.4, -0.2) is 16.3 Å². The quantitative estimate of drug-likeness (QED) is 0.863. The third kappa shape index (κ3) is 4.47. The topological polar surface area (TPSA) is 24.9 Å². The summed E-state index contributed by atoms with van der Waals surface area (Å²) in [6.07, 6.45) is 4.99.